The number of hydrogen-bond acceptors (Lipinski definition) is 5. The number of nitrogens with zero attached hydrogens (tertiary/aromatic N) is 2. The summed E-state index contributed by atoms with van der Waals surface area (Å²) in [5.41, 5.74) is 1.62. The van der Waals surface area contributed by atoms with Gasteiger partial charge in [-0.05, 0) is 36.5 Å². The molecule has 0 N–H and O–H groups in total. The highest BCUT2D eigenvalue weighted by Crippen LogP contribution is 2.53. The summed E-state index contributed by atoms with van der Waals surface area (Å²) in [5.74, 6) is 0.161. The zero-order valence-corrected chi connectivity index (χ0v) is 15.6. The van der Waals surface area contributed by atoms with Gasteiger partial charge >= 0.3 is 0 Å². The van der Waals surface area contributed by atoms with Gasteiger partial charge < -0.3 is 0 Å². The molecule has 2 fully saturated rings. The molecule has 128 valence electrons. The summed E-state index contributed by atoms with van der Waals surface area (Å²) in [6.07, 6.45) is 5.22. The molecule has 25 heavy (non-hydrogen) atoms. The zero-order valence-electron chi connectivity index (χ0n) is 14.0. The van der Waals surface area contributed by atoms with Crippen molar-refractivity contribution in [1.82, 2.24) is 4.98 Å². The van der Waals surface area contributed by atoms with E-state index in [1.54, 1.807) is 23.1 Å². The Balaban J connectivity index is 1.51. The average molecular weight is 370 g/mol. The second kappa shape index (κ2) is 5.42. The molecule has 2 aliphatic carbocycles. The Morgan fingerprint density at radius 2 is 1.84 bits per heavy atom. The molecule has 3 aliphatic rings. The third-order valence-electron chi connectivity index (χ3n) is 5.42. The maximum absolute atomic E-state index is 12.9. The fraction of sp³-hybridized carbons (Fsp3) is 0.421. The fourth-order valence-corrected chi connectivity index (χ4v) is 6.76. The molecule has 4 nitrogen and oxygen atoms in total. The summed E-state index contributed by atoms with van der Waals surface area (Å²) in [7, 11) is 0. The number of aromatic nitrogens is 1. The summed E-state index contributed by atoms with van der Waals surface area (Å²) in [6, 6.07) is 5.73. The Hall–Kier alpha value is -1.66. The van der Waals surface area contributed by atoms with Gasteiger partial charge in [-0.2, -0.15) is 0 Å². The molecule has 2 amide bonds. The van der Waals surface area contributed by atoms with Crippen molar-refractivity contribution in [3.05, 3.63) is 30.4 Å². The largest absolute Gasteiger partial charge is 0.274 e. The second-order valence-corrected chi connectivity index (χ2v) is 10.2. The lowest BCUT2D eigenvalue weighted by atomic mass is 9.85. The number of benzene rings is 1. The third-order valence-corrected chi connectivity index (χ3v) is 7.53. The normalized spacial score (nSPS) is 30.3. The van der Waals surface area contributed by atoms with Crippen LogP contribution in [0.4, 0.5) is 5.69 Å². The lowest BCUT2D eigenvalue weighted by molar-refractivity contribution is -0.123. The number of hydrogen-bond donors (Lipinski definition) is 0. The van der Waals surface area contributed by atoms with E-state index in [1.807, 2.05) is 18.2 Å². The number of anilines is 1. The van der Waals surface area contributed by atoms with Gasteiger partial charge in [-0.3, -0.25) is 9.59 Å². The number of rotatable bonds is 3. The van der Waals surface area contributed by atoms with E-state index in [4.69, 9.17) is 0 Å². The Morgan fingerprint density at radius 3 is 2.48 bits per heavy atom. The van der Waals surface area contributed by atoms with Crippen molar-refractivity contribution in [3.63, 3.8) is 0 Å². The van der Waals surface area contributed by atoms with E-state index >= 15 is 0 Å². The predicted octanol–water partition coefficient (Wildman–Crippen LogP) is 4.11. The van der Waals surface area contributed by atoms with Gasteiger partial charge in [0.2, 0.25) is 11.8 Å². The van der Waals surface area contributed by atoms with Crippen LogP contribution in [0.1, 0.15) is 20.3 Å². The van der Waals surface area contributed by atoms with Crippen LogP contribution >= 0.6 is 23.1 Å². The molecule has 4 atom stereocenters. The van der Waals surface area contributed by atoms with Gasteiger partial charge in [0.1, 0.15) is 0 Å². The van der Waals surface area contributed by atoms with Gasteiger partial charge in [0.15, 0.2) is 4.34 Å². The predicted molar refractivity (Wildman–Crippen MR) is 101 cm³/mol. The maximum Gasteiger partial charge on any atom is 0.238 e. The number of allylic oxidation sites excluding steroid dienone is 2. The SMILES string of the molecule is CC(C)Sc1nc2ccc(N3C(=O)[C@@H]4[C@H](C3=O)[C@H]3C=C[C@H]4C3)cc2s1. The van der Waals surface area contributed by atoms with Crippen molar-refractivity contribution in [2.75, 3.05) is 4.90 Å². The van der Waals surface area contributed by atoms with E-state index < -0.39 is 0 Å². The molecule has 0 radical (unpaired) electrons. The first-order chi connectivity index (χ1) is 12.0. The van der Waals surface area contributed by atoms with Crippen LogP contribution in [0.25, 0.3) is 10.2 Å². The first-order valence-electron chi connectivity index (χ1n) is 8.66. The Labute approximate surface area is 154 Å². The summed E-state index contributed by atoms with van der Waals surface area (Å²) in [4.78, 5) is 31.9. The molecule has 2 heterocycles. The highest BCUT2D eigenvalue weighted by Gasteiger charge is 2.59. The van der Waals surface area contributed by atoms with Crippen LogP contribution in [-0.4, -0.2) is 22.0 Å². The maximum atomic E-state index is 12.9. The number of amides is 2. The minimum Gasteiger partial charge on any atom is -0.274 e. The van der Waals surface area contributed by atoms with Gasteiger partial charge in [0, 0.05) is 5.25 Å². The van der Waals surface area contributed by atoms with Crippen molar-refractivity contribution in [3.8, 4) is 0 Å². The number of fused-ring (bicyclic) bond motifs is 6. The van der Waals surface area contributed by atoms with Gasteiger partial charge in [0.25, 0.3) is 0 Å². The third kappa shape index (κ3) is 2.23. The quantitative estimate of drug-likeness (QED) is 0.463. The molecule has 1 aliphatic heterocycles. The molecular formula is C19H18N2O2S2. The van der Waals surface area contributed by atoms with E-state index in [9.17, 15) is 9.59 Å². The topological polar surface area (TPSA) is 50.3 Å². The Bertz CT molecular complexity index is 903. The first-order valence-corrected chi connectivity index (χ1v) is 10.4. The highest BCUT2D eigenvalue weighted by atomic mass is 32.2. The number of carbonyl (C=O) groups excluding carboxylic acids is 2. The van der Waals surface area contributed by atoms with Gasteiger partial charge in [0.05, 0.1) is 27.7 Å². The van der Waals surface area contributed by atoms with Crippen LogP contribution in [0.2, 0.25) is 0 Å². The molecule has 6 heteroatoms. The molecule has 1 aromatic heterocycles. The van der Waals surface area contributed by atoms with Gasteiger partial charge in [-0.25, -0.2) is 9.88 Å². The number of thioether (sulfide) groups is 1. The molecule has 2 aromatic rings. The standard InChI is InChI=1S/C19H18N2O2S2/c1-9(2)24-19-20-13-6-5-12(8-14(13)25-19)21-17(22)15-10-3-4-11(7-10)16(15)18(21)23/h3-6,8-11,15-16H,7H2,1-2H3/t10-,11-,15-,16+/m0/s1. The number of imide groups is 1. The highest BCUT2D eigenvalue weighted by molar-refractivity contribution is 8.01. The lowest BCUT2D eigenvalue weighted by Crippen LogP contribution is -2.32. The van der Waals surface area contributed by atoms with Crippen LogP contribution in [0.5, 0.6) is 0 Å². The summed E-state index contributed by atoms with van der Waals surface area (Å²) < 4.78 is 2.06. The molecule has 0 unspecified atom stereocenters. The fourth-order valence-electron chi connectivity index (χ4n) is 4.44. The Kier molecular flexibility index (Phi) is 3.38. The van der Waals surface area contributed by atoms with Crippen LogP contribution in [0.15, 0.2) is 34.7 Å². The summed E-state index contributed by atoms with van der Waals surface area (Å²) in [6.45, 7) is 4.29. The van der Waals surface area contributed by atoms with E-state index in [1.165, 1.54) is 4.90 Å². The molecule has 1 saturated carbocycles. The van der Waals surface area contributed by atoms with Crippen molar-refractivity contribution < 1.29 is 9.59 Å². The molecule has 2 bridgehead atoms. The van der Waals surface area contributed by atoms with Crippen LogP contribution in [-0.2, 0) is 9.59 Å². The monoisotopic (exact) mass is 370 g/mol. The van der Waals surface area contributed by atoms with E-state index in [0.29, 0.717) is 10.9 Å². The van der Waals surface area contributed by atoms with Crippen molar-refractivity contribution >= 4 is 50.8 Å². The zero-order chi connectivity index (χ0) is 17.3. The van der Waals surface area contributed by atoms with E-state index in [-0.39, 0.29) is 35.5 Å². The summed E-state index contributed by atoms with van der Waals surface area (Å²) >= 11 is 3.36. The minimum atomic E-state index is -0.147. The van der Waals surface area contributed by atoms with Crippen molar-refractivity contribution in [2.24, 2.45) is 23.7 Å². The van der Waals surface area contributed by atoms with Gasteiger partial charge in [-0.1, -0.05) is 37.8 Å². The van der Waals surface area contributed by atoms with Crippen LogP contribution in [0, 0.1) is 23.7 Å². The minimum absolute atomic E-state index is 0.0208. The first kappa shape index (κ1) is 15.6. The van der Waals surface area contributed by atoms with Crippen molar-refractivity contribution in [1.29, 1.82) is 0 Å². The van der Waals surface area contributed by atoms with Crippen LogP contribution < -0.4 is 4.90 Å². The number of carbonyl (C=O) groups is 2. The van der Waals surface area contributed by atoms with Gasteiger partial charge in [-0.15, -0.1) is 11.3 Å². The molecule has 1 saturated heterocycles. The Morgan fingerprint density at radius 1 is 1.16 bits per heavy atom. The molecule has 1 aromatic carbocycles. The molecule has 0 spiro atoms. The average Bonchev–Trinajstić information content (AvgIpc) is 3.29. The smallest absolute Gasteiger partial charge is 0.238 e. The molecule has 5 rings (SSSR count). The van der Waals surface area contributed by atoms with Crippen LogP contribution in [0.3, 0.4) is 0 Å². The van der Waals surface area contributed by atoms with E-state index in [2.05, 4.69) is 31.0 Å². The number of thiazole rings is 1. The molecular weight excluding hydrogens is 352 g/mol. The van der Waals surface area contributed by atoms with Crippen molar-refractivity contribution in [2.45, 2.75) is 29.9 Å². The lowest BCUT2D eigenvalue weighted by Gasteiger charge is -2.17. The summed E-state index contributed by atoms with van der Waals surface area (Å²) in [5, 5.41) is 0.476. The van der Waals surface area contributed by atoms with E-state index in [0.717, 1.165) is 21.0 Å². The second-order valence-electron chi connectivity index (χ2n) is 7.31.